The number of hydrogen-bond acceptors (Lipinski definition) is 6. The van der Waals surface area contributed by atoms with E-state index in [-0.39, 0.29) is 23.9 Å². The summed E-state index contributed by atoms with van der Waals surface area (Å²) in [6, 6.07) is 14.0. The summed E-state index contributed by atoms with van der Waals surface area (Å²) in [7, 11) is -3.33. The highest BCUT2D eigenvalue weighted by molar-refractivity contribution is 7.94. The molecule has 8 nitrogen and oxygen atoms in total. The van der Waals surface area contributed by atoms with Crippen LogP contribution in [0.4, 0.5) is 17.1 Å². The fourth-order valence-corrected chi connectivity index (χ4v) is 4.09. The zero-order valence-electron chi connectivity index (χ0n) is 14.2. The second-order valence-electron chi connectivity index (χ2n) is 5.99. The molecule has 140 valence electrons. The number of benzene rings is 2. The summed E-state index contributed by atoms with van der Waals surface area (Å²) in [5.41, 5.74) is 0.924. The van der Waals surface area contributed by atoms with Crippen molar-refractivity contribution in [1.82, 2.24) is 0 Å². The van der Waals surface area contributed by atoms with Gasteiger partial charge in [0.2, 0.25) is 5.91 Å². The molecule has 2 aromatic rings. The standard InChI is InChI=1S/C18H17N3O5S/c22-18(12-19-14-5-4-8-16(11-14)21(23)24)20(15-6-2-1-3-7-15)17-9-10-27(25,26)13-17/h1-11,17,19H,12-13H2/t17-/m1/s1. The van der Waals surface area contributed by atoms with Crippen molar-refractivity contribution >= 4 is 32.8 Å². The lowest BCUT2D eigenvalue weighted by Gasteiger charge is -2.28. The predicted molar refractivity (Wildman–Crippen MR) is 102 cm³/mol. The zero-order chi connectivity index (χ0) is 19.4. The minimum absolute atomic E-state index is 0.0859. The van der Waals surface area contributed by atoms with Crippen LogP contribution in [0, 0.1) is 10.1 Å². The van der Waals surface area contributed by atoms with Gasteiger partial charge < -0.3 is 10.2 Å². The van der Waals surface area contributed by atoms with Gasteiger partial charge >= 0.3 is 0 Å². The Hall–Kier alpha value is -3.20. The topological polar surface area (TPSA) is 110 Å². The molecule has 0 saturated carbocycles. The first-order chi connectivity index (χ1) is 12.9. The molecule has 1 atom stereocenters. The lowest BCUT2D eigenvalue weighted by molar-refractivity contribution is -0.384. The van der Waals surface area contributed by atoms with Gasteiger partial charge in [0.15, 0.2) is 9.84 Å². The number of non-ortho nitro benzene ring substituents is 1. The highest BCUT2D eigenvalue weighted by Gasteiger charge is 2.31. The van der Waals surface area contributed by atoms with E-state index in [9.17, 15) is 23.3 Å². The van der Waals surface area contributed by atoms with E-state index < -0.39 is 20.8 Å². The third kappa shape index (κ3) is 4.50. The summed E-state index contributed by atoms with van der Waals surface area (Å²) >= 11 is 0. The highest BCUT2D eigenvalue weighted by Crippen LogP contribution is 2.23. The molecule has 1 N–H and O–H groups in total. The van der Waals surface area contributed by atoms with Crippen molar-refractivity contribution in [2.24, 2.45) is 0 Å². The summed E-state index contributed by atoms with van der Waals surface area (Å²) < 4.78 is 23.6. The van der Waals surface area contributed by atoms with Gasteiger partial charge in [-0.05, 0) is 24.3 Å². The van der Waals surface area contributed by atoms with Crippen LogP contribution in [0.3, 0.4) is 0 Å². The van der Waals surface area contributed by atoms with Crippen molar-refractivity contribution in [2.45, 2.75) is 6.04 Å². The van der Waals surface area contributed by atoms with Crippen LogP contribution >= 0.6 is 0 Å². The predicted octanol–water partition coefficient (Wildman–Crippen LogP) is 2.35. The number of nitrogens with one attached hydrogen (secondary N) is 1. The van der Waals surface area contributed by atoms with Gasteiger partial charge in [0, 0.05) is 28.9 Å². The van der Waals surface area contributed by atoms with E-state index in [0.29, 0.717) is 11.4 Å². The molecule has 0 radical (unpaired) electrons. The van der Waals surface area contributed by atoms with Crippen molar-refractivity contribution in [1.29, 1.82) is 0 Å². The number of rotatable bonds is 6. The van der Waals surface area contributed by atoms with Crippen LogP contribution < -0.4 is 10.2 Å². The van der Waals surface area contributed by atoms with E-state index in [1.807, 2.05) is 0 Å². The van der Waals surface area contributed by atoms with Crippen LogP contribution in [0.1, 0.15) is 0 Å². The first-order valence-electron chi connectivity index (χ1n) is 8.12. The number of hydrogen-bond donors (Lipinski definition) is 1. The Labute approximate surface area is 156 Å². The van der Waals surface area contributed by atoms with E-state index in [4.69, 9.17) is 0 Å². The van der Waals surface area contributed by atoms with E-state index in [0.717, 1.165) is 5.41 Å². The Bertz CT molecular complexity index is 989. The first kappa shape index (κ1) is 18.6. The van der Waals surface area contributed by atoms with Crippen LogP contribution in [0.15, 0.2) is 66.1 Å². The van der Waals surface area contributed by atoms with Crippen molar-refractivity contribution < 1.29 is 18.1 Å². The number of para-hydroxylation sites is 1. The highest BCUT2D eigenvalue weighted by atomic mass is 32.2. The summed E-state index contributed by atoms with van der Waals surface area (Å²) in [6.45, 7) is -0.138. The van der Waals surface area contributed by atoms with Crippen molar-refractivity contribution in [2.75, 3.05) is 22.5 Å². The van der Waals surface area contributed by atoms with Crippen LogP contribution in [0.25, 0.3) is 0 Å². The Morgan fingerprint density at radius 1 is 1.19 bits per heavy atom. The maximum Gasteiger partial charge on any atom is 0.271 e. The molecule has 0 bridgehead atoms. The van der Waals surface area contributed by atoms with E-state index in [1.54, 1.807) is 36.4 Å². The van der Waals surface area contributed by atoms with E-state index in [2.05, 4.69) is 5.32 Å². The number of carbonyl (C=O) groups is 1. The van der Waals surface area contributed by atoms with Gasteiger partial charge in [0.05, 0.1) is 23.3 Å². The van der Waals surface area contributed by atoms with E-state index in [1.165, 1.54) is 29.2 Å². The monoisotopic (exact) mass is 387 g/mol. The Kier molecular flexibility index (Phi) is 5.22. The Balaban J connectivity index is 1.79. The molecular weight excluding hydrogens is 370 g/mol. The third-order valence-electron chi connectivity index (χ3n) is 4.05. The molecule has 3 rings (SSSR count). The number of carbonyl (C=O) groups excluding carboxylic acids is 1. The lowest BCUT2D eigenvalue weighted by atomic mass is 10.2. The molecule has 1 aliphatic heterocycles. The maximum atomic E-state index is 12.8. The maximum absolute atomic E-state index is 12.8. The summed E-state index contributed by atoms with van der Waals surface area (Å²) in [5.74, 6) is -0.524. The average Bonchev–Trinajstić information content (AvgIpc) is 3.00. The largest absolute Gasteiger partial charge is 0.376 e. The molecule has 9 heteroatoms. The smallest absolute Gasteiger partial charge is 0.271 e. The van der Waals surface area contributed by atoms with Gasteiger partial charge in [-0.2, -0.15) is 0 Å². The van der Waals surface area contributed by atoms with Gasteiger partial charge in [-0.1, -0.05) is 24.3 Å². The average molecular weight is 387 g/mol. The number of amides is 1. The number of nitro benzene ring substituents is 1. The van der Waals surface area contributed by atoms with Crippen molar-refractivity contribution in [3.63, 3.8) is 0 Å². The number of anilines is 2. The van der Waals surface area contributed by atoms with Crippen LogP contribution in [-0.4, -0.2) is 37.6 Å². The minimum Gasteiger partial charge on any atom is -0.376 e. The van der Waals surface area contributed by atoms with Crippen LogP contribution in [0.5, 0.6) is 0 Å². The Morgan fingerprint density at radius 2 is 1.93 bits per heavy atom. The zero-order valence-corrected chi connectivity index (χ0v) is 15.0. The molecule has 1 aliphatic rings. The van der Waals surface area contributed by atoms with Crippen molar-refractivity contribution in [3.05, 3.63) is 76.2 Å². The quantitative estimate of drug-likeness (QED) is 0.602. The molecule has 2 aromatic carbocycles. The molecule has 1 heterocycles. The third-order valence-corrected chi connectivity index (χ3v) is 5.42. The summed E-state index contributed by atoms with van der Waals surface area (Å²) in [4.78, 5) is 24.6. The first-order valence-corrected chi connectivity index (χ1v) is 9.84. The molecule has 0 aromatic heterocycles. The summed E-state index contributed by atoms with van der Waals surface area (Å²) in [5, 5.41) is 14.8. The SMILES string of the molecule is O=C(CNc1cccc([N+](=O)[O-])c1)N(c1ccccc1)[C@@H]1C=CS(=O)(=O)C1. The molecule has 0 spiro atoms. The Morgan fingerprint density at radius 3 is 2.56 bits per heavy atom. The molecule has 1 amide bonds. The van der Waals surface area contributed by atoms with Crippen LogP contribution in [0.2, 0.25) is 0 Å². The van der Waals surface area contributed by atoms with Gasteiger partial charge in [-0.15, -0.1) is 0 Å². The molecule has 27 heavy (non-hydrogen) atoms. The van der Waals surface area contributed by atoms with Crippen LogP contribution in [-0.2, 0) is 14.6 Å². The molecule has 0 aliphatic carbocycles. The number of nitro groups is 1. The van der Waals surface area contributed by atoms with Crippen molar-refractivity contribution in [3.8, 4) is 0 Å². The minimum atomic E-state index is -3.33. The molecule has 0 unspecified atom stereocenters. The molecule has 0 saturated heterocycles. The molecular formula is C18H17N3O5S. The lowest BCUT2D eigenvalue weighted by Crippen LogP contribution is -2.44. The normalized spacial score (nSPS) is 17.4. The van der Waals surface area contributed by atoms with Gasteiger partial charge in [-0.25, -0.2) is 8.42 Å². The fraction of sp³-hybridized carbons (Fsp3) is 0.167. The second-order valence-corrected chi connectivity index (χ2v) is 7.92. The van der Waals surface area contributed by atoms with Gasteiger partial charge in [-0.3, -0.25) is 14.9 Å². The second kappa shape index (κ2) is 7.58. The summed E-state index contributed by atoms with van der Waals surface area (Å²) in [6.07, 6.45) is 1.49. The van der Waals surface area contributed by atoms with E-state index >= 15 is 0 Å². The number of nitrogens with zero attached hydrogens (tertiary/aromatic N) is 2. The fourth-order valence-electron chi connectivity index (χ4n) is 2.82. The molecule has 0 fully saturated rings. The van der Waals surface area contributed by atoms with Gasteiger partial charge in [0.25, 0.3) is 5.69 Å². The number of sulfone groups is 1. The van der Waals surface area contributed by atoms with Gasteiger partial charge in [0.1, 0.15) is 0 Å².